The van der Waals surface area contributed by atoms with Gasteiger partial charge in [0.1, 0.15) is 6.54 Å². The Hall–Kier alpha value is -2.98. The van der Waals surface area contributed by atoms with Crippen LogP contribution in [0.1, 0.15) is 20.8 Å². The van der Waals surface area contributed by atoms with Crippen LogP contribution in [0.5, 0.6) is 0 Å². The largest absolute Gasteiger partial charge is 0.464 e. The molecule has 1 aromatic heterocycles. The number of ether oxygens (including phenoxy) is 1. The smallest absolute Gasteiger partial charge is 0.363 e. The van der Waals surface area contributed by atoms with Gasteiger partial charge in [-0.1, -0.05) is 9.97 Å². The Morgan fingerprint density at radius 1 is 1.20 bits per heavy atom. The van der Waals surface area contributed by atoms with E-state index in [0.717, 1.165) is 4.90 Å². The van der Waals surface area contributed by atoms with Crippen LogP contribution in [0.4, 0.5) is 17.8 Å². The zero-order valence-electron chi connectivity index (χ0n) is 14.6. The van der Waals surface area contributed by atoms with Crippen LogP contribution in [0, 0.1) is 0 Å². The van der Waals surface area contributed by atoms with Gasteiger partial charge in [0.25, 0.3) is 23.8 Å². The molecule has 25 heavy (non-hydrogen) atoms. The number of anilines is 2. The number of aromatic nitrogens is 3. The molecule has 2 rings (SSSR count). The van der Waals surface area contributed by atoms with Crippen LogP contribution in [-0.4, -0.2) is 75.0 Å². The van der Waals surface area contributed by atoms with Crippen molar-refractivity contribution in [3.63, 3.8) is 0 Å². The standard InChI is InChI=1S/C14H22N8O3/c1-4-16-12-18-13(17-5-2)20-14(19-12)22-7-9(23)21(11(22)15)8-10(24)25-6-3/h15H,4-8H2,1-3H3,(H2,16,17,18,19,20)/p+1. The van der Waals surface area contributed by atoms with E-state index in [1.54, 1.807) is 6.92 Å². The SMILES string of the molecule is CCNc1nc(NCC)nc([N+]2=C(N)N(CC(=O)OCC)C(=O)C2)n1. The average molecular weight is 351 g/mol. The number of nitrogens with two attached hydrogens (primary N) is 1. The summed E-state index contributed by atoms with van der Waals surface area (Å²) in [4.78, 5) is 37.8. The Morgan fingerprint density at radius 2 is 1.80 bits per heavy atom. The number of hydrogen-bond donors (Lipinski definition) is 3. The molecule has 0 saturated carbocycles. The maximum Gasteiger partial charge on any atom is 0.363 e. The molecule has 0 fully saturated rings. The maximum atomic E-state index is 12.2. The molecule has 136 valence electrons. The van der Waals surface area contributed by atoms with E-state index in [1.165, 1.54) is 4.58 Å². The molecular weight excluding hydrogens is 328 g/mol. The molecule has 0 bridgehead atoms. The highest BCUT2D eigenvalue weighted by atomic mass is 16.5. The first-order valence-corrected chi connectivity index (χ1v) is 8.09. The molecule has 4 N–H and O–H groups in total. The fourth-order valence-electron chi connectivity index (χ4n) is 2.21. The Balaban J connectivity index is 2.34. The zero-order valence-corrected chi connectivity index (χ0v) is 14.6. The van der Waals surface area contributed by atoms with E-state index in [9.17, 15) is 9.59 Å². The van der Waals surface area contributed by atoms with Crippen LogP contribution < -0.4 is 16.4 Å². The van der Waals surface area contributed by atoms with Gasteiger partial charge in [-0.15, -0.1) is 0 Å². The predicted octanol–water partition coefficient (Wildman–Crippen LogP) is -0.901. The Morgan fingerprint density at radius 3 is 2.32 bits per heavy atom. The van der Waals surface area contributed by atoms with Gasteiger partial charge in [-0.25, -0.2) is 14.3 Å². The molecule has 0 atom stereocenters. The first-order valence-electron chi connectivity index (χ1n) is 8.09. The topological polar surface area (TPSA) is 138 Å². The van der Waals surface area contributed by atoms with E-state index < -0.39 is 5.97 Å². The van der Waals surface area contributed by atoms with Gasteiger partial charge in [0.15, 0.2) is 6.54 Å². The molecule has 0 saturated heterocycles. The molecule has 0 spiro atoms. The number of nitrogens with zero attached hydrogens (tertiary/aromatic N) is 5. The number of nitrogens with one attached hydrogen (secondary N) is 2. The quantitative estimate of drug-likeness (QED) is 0.401. The molecule has 1 aromatic rings. The van der Waals surface area contributed by atoms with Crippen molar-refractivity contribution in [3.05, 3.63) is 0 Å². The van der Waals surface area contributed by atoms with E-state index >= 15 is 0 Å². The molecule has 1 amide bonds. The molecule has 0 aliphatic carbocycles. The number of rotatable bonds is 8. The molecule has 11 nitrogen and oxygen atoms in total. The van der Waals surface area contributed by atoms with Crippen molar-refractivity contribution in [1.29, 1.82) is 0 Å². The molecule has 11 heteroatoms. The third-order valence-corrected chi connectivity index (χ3v) is 3.27. The summed E-state index contributed by atoms with van der Waals surface area (Å²) in [5, 5.41) is 6.01. The highest BCUT2D eigenvalue weighted by Gasteiger charge is 2.37. The molecule has 0 aromatic carbocycles. The molecule has 0 unspecified atom stereocenters. The second-order valence-corrected chi connectivity index (χ2v) is 5.07. The third-order valence-electron chi connectivity index (χ3n) is 3.27. The summed E-state index contributed by atoms with van der Waals surface area (Å²) in [6, 6.07) is 0. The van der Waals surface area contributed by atoms with Gasteiger partial charge >= 0.3 is 11.9 Å². The summed E-state index contributed by atoms with van der Waals surface area (Å²) in [6.07, 6.45) is 0. The lowest BCUT2D eigenvalue weighted by Crippen LogP contribution is -2.42. The average Bonchev–Trinajstić information content (AvgIpc) is 2.84. The van der Waals surface area contributed by atoms with Crippen LogP contribution in [0.3, 0.4) is 0 Å². The minimum absolute atomic E-state index is 0.0631. The summed E-state index contributed by atoms with van der Waals surface area (Å²) in [5.41, 5.74) is 6.04. The Bertz CT molecular complexity index is 666. The minimum atomic E-state index is -0.530. The van der Waals surface area contributed by atoms with Crippen molar-refractivity contribution in [1.82, 2.24) is 19.9 Å². The van der Waals surface area contributed by atoms with E-state index in [2.05, 4.69) is 25.6 Å². The van der Waals surface area contributed by atoms with Crippen LogP contribution in [0.15, 0.2) is 0 Å². The van der Waals surface area contributed by atoms with Gasteiger partial charge in [0, 0.05) is 13.1 Å². The highest BCUT2D eigenvalue weighted by molar-refractivity contribution is 6.00. The minimum Gasteiger partial charge on any atom is -0.464 e. The summed E-state index contributed by atoms with van der Waals surface area (Å²) in [5.74, 6) is 0.173. The lowest BCUT2D eigenvalue weighted by atomic mass is 10.5. The first kappa shape index (κ1) is 18.4. The van der Waals surface area contributed by atoms with Crippen molar-refractivity contribution >= 4 is 35.7 Å². The van der Waals surface area contributed by atoms with Gasteiger partial charge in [0.2, 0.25) is 0 Å². The number of carbonyl (C=O) groups is 2. The summed E-state index contributed by atoms with van der Waals surface area (Å²) < 4.78 is 6.30. The van der Waals surface area contributed by atoms with Gasteiger partial charge in [0.05, 0.1) is 6.61 Å². The number of amides is 1. The van der Waals surface area contributed by atoms with E-state index in [1.807, 2.05) is 13.8 Å². The summed E-state index contributed by atoms with van der Waals surface area (Å²) in [6.45, 7) is 6.69. The molecule has 1 aliphatic rings. The van der Waals surface area contributed by atoms with Crippen molar-refractivity contribution in [2.45, 2.75) is 20.8 Å². The van der Waals surface area contributed by atoms with Crippen molar-refractivity contribution in [2.75, 3.05) is 43.4 Å². The van der Waals surface area contributed by atoms with Gasteiger partial charge < -0.3 is 21.1 Å². The van der Waals surface area contributed by atoms with Crippen LogP contribution in [0.2, 0.25) is 0 Å². The monoisotopic (exact) mass is 351 g/mol. The lowest BCUT2D eigenvalue weighted by Gasteiger charge is -2.10. The lowest BCUT2D eigenvalue weighted by molar-refractivity contribution is -0.432. The van der Waals surface area contributed by atoms with E-state index in [-0.39, 0.29) is 37.5 Å². The Kier molecular flexibility index (Phi) is 6.03. The first-order chi connectivity index (χ1) is 12.0. The number of carbonyl (C=O) groups excluding carboxylic acids is 2. The van der Waals surface area contributed by atoms with Crippen LogP contribution in [0.25, 0.3) is 0 Å². The van der Waals surface area contributed by atoms with Gasteiger partial charge in [-0.05, 0) is 20.8 Å². The van der Waals surface area contributed by atoms with Crippen LogP contribution in [-0.2, 0) is 14.3 Å². The molecule has 1 aliphatic heterocycles. The predicted molar refractivity (Wildman–Crippen MR) is 90.5 cm³/mol. The van der Waals surface area contributed by atoms with Crippen molar-refractivity contribution < 1.29 is 18.9 Å². The highest BCUT2D eigenvalue weighted by Crippen LogP contribution is 2.15. The Labute approximate surface area is 145 Å². The van der Waals surface area contributed by atoms with Crippen molar-refractivity contribution in [3.8, 4) is 0 Å². The normalized spacial score (nSPS) is 14.0. The second kappa shape index (κ2) is 8.22. The fourth-order valence-corrected chi connectivity index (χ4v) is 2.21. The fraction of sp³-hybridized carbons (Fsp3) is 0.571. The van der Waals surface area contributed by atoms with Crippen molar-refractivity contribution in [2.24, 2.45) is 5.73 Å². The number of esters is 1. The molecule has 2 heterocycles. The maximum absolute atomic E-state index is 12.2. The van der Waals surface area contributed by atoms with E-state index in [0.29, 0.717) is 25.0 Å². The second-order valence-electron chi connectivity index (χ2n) is 5.07. The number of hydrogen-bond acceptors (Lipinski definition) is 9. The van der Waals surface area contributed by atoms with Gasteiger partial charge in [-0.2, -0.15) is 4.98 Å². The summed E-state index contributed by atoms with van der Waals surface area (Å²) >= 11 is 0. The number of guanidine groups is 1. The molecule has 0 radical (unpaired) electrons. The van der Waals surface area contributed by atoms with Gasteiger partial charge in [-0.3, -0.25) is 4.79 Å². The molecular formula is C14H23N8O3+. The third kappa shape index (κ3) is 4.31. The van der Waals surface area contributed by atoms with Crippen LogP contribution >= 0.6 is 0 Å². The summed E-state index contributed by atoms with van der Waals surface area (Å²) in [7, 11) is 0. The van der Waals surface area contributed by atoms with E-state index in [4.69, 9.17) is 10.5 Å². The zero-order chi connectivity index (χ0) is 18.4.